The number of nitrogens with zero attached hydrogens (tertiary/aromatic N) is 2. The van der Waals surface area contributed by atoms with E-state index in [-0.39, 0.29) is 11.3 Å². The van der Waals surface area contributed by atoms with Gasteiger partial charge in [-0.25, -0.2) is 4.98 Å². The largest absolute Gasteiger partial charge is 0.379 e. The van der Waals surface area contributed by atoms with Crippen LogP contribution in [0.5, 0.6) is 0 Å². The van der Waals surface area contributed by atoms with Crippen LogP contribution in [0.3, 0.4) is 0 Å². The molecule has 1 aliphatic heterocycles. The summed E-state index contributed by atoms with van der Waals surface area (Å²) in [5.41, 5.74) is 0. The topological polar surface area (TPSA) is 47.0 Å². The van der Waals surface area contributed by atoms with Crippen molar-refractivity contribution in [2.75, 3.05) is 18.5 Å². The van der Waals surface area contributed by atoms with Gasteiger partial charge in [0.2, 0.25) is 5.28 Å². The molecular weight excluding hydrogens is 237 g/mol. The highest BCUT2D eigenvalue weighted by molar-refractivity contribution is 6.33. The summed E-state index contributed by atoms with van der Waals surface area (Å²) in [7, 11) is 0. The van der Waals surface area contributed by atoms with Crippen LogP contribution in [0.4, 0.5) is 5.82 Å². The summed E-state index contributed by atoms with van der Waals surface area (Å²) in [6.45, 7) is 1.51. The second-order valence-electron chi connectivity index (χ2n) is 3.39. The minimum Gasteiger partial charge on any atom is -0.379 e. The minimum atomic E-state index is 0.193. The second kappa shape index (κ2) is 4.96. The fourth-order valence-corrected chi connectivity index (χ4v) is 1.77. The number of anilines is 1. The van der Waals surface area contributed by atoms with E-state index in [0.29, 0.717) is 17.4 Å². The van der Waals surface area contributed by atoms with Gasteiger partial charge < -0.3 is 10.1 Å². The van der Waals surface area contributed by atoms with Crippen LogP contribution in [-0.4, -0.2) is 29.2 Å². The highest BCUT2D eigenvalue weighted by atomic mass is 35.5. The molecule has 0 amide bonds. The summed E-state index contributed by atoms with van der Waals surface area (Å²) >= 11 is 11.6. The fraction of sp³-hybridized carbons (Fsp3) is 0.556. The summed E-state index contributed by atoms with van der Waals surface area (Å²) in [4.78, 5) is 7.81. The number of halogens is 2. The standard InChI is InChI=1S/C9H11Cl2N3O/c10-7-4-12-9(11)14-8(7)13-6-2-1-3-15-5-6/h4,6H,1-3,5H2,(H,12,13,14). The molecule has 1 aliphatic rings. The molecule has 2 rings (SSSR count). The zero-order chi connectivity index (χ0) is 10.7. The quantitative estimate of drug-likeness (QED) is 0.816. The van der Waals surface area contributed by atoms with Crippen LogP contribution in [0.2, 0.25) is 10.3 Å². The Morgan fingerprint density at radius 1 is 1.47 bits per heavy atom. The first-order valence-corrected chi connectivity index (χ1v) is 5.53. The van der Waals surface area contributed by atoms with Crippen molar-refractivity contribution in [2.45, 2.75) is 18.9 Å². The van der Waals surface area contributed by atoms with Crippen molar-refractivity contribution < 1.29 is 4.74 Å². The maximum absolute atomic E-state index is 5.93. The van der Waals surface area contributed by atoms with E-state index in [4.69, 9.17) is 27.9 Å². The molecule has 0 bridgehead atoms. The first kappa shape index (κ1) is 10.9. The Hall–Kier alpha value is -0.580. The van der Waals surface area contributed by atoms with Gasteiger partial charge >= 0.3 is 0 Å². The first-order chi connectivity index (χ1) is 7.25. The molecule has 6 heteroatoms. The molecule has 0 spiro atoms. The Kier molecular flexibility index (Phi) is 3.61. The number of nitrogens with one attached hydrogen (secondary N) is 1. The van der Waals surface area contributed by atoms with Crippen LogP contribution in [0.1, 0.15) is 12.8 Å². The maximum Gasteiger partial charge on any atom is 0.224 e. The molecule has 0 aliphatic carbocycles. The van der Waals surface area contributed by atoms with E-state index < -0.39 is 0 Å². The maximum atomic E-state index is 5.93. The van der Waals surface area contributed by atoms with E-state index in [1.807, 2.05) is 0 Å². The molecule has 15 heavy (non-hydrogen) atoms. The predicted molar refractivity (Wildman–Crippen MR) is 59.5 cm³/mol. The monoisotopic (exact) mass is 247 g/mol. The fourth-order valence-electron chi connectivity index (χ4n) is 1.49. The summed E-state index contributed by atoms with van der Waals surface area (Å²) in [6, 6.07) is 0.252. The number of hydrogen-bond donors (Lipinski definition) is 1. The zero-order valence-corrected chi connectivity index (χ0v) is 9.55. The van der Waals surface area contributed by atoms with Crippen LogP contribution in [0.25, 0.3) is 0 Å². The molecule has 0 aromatic carbocycles. The van der Waals surface area contributed by atoms with Gasteiger partial charge in [-0.1, -0.05) is 11.6 Å². The third kappa shape index (κ3) is 2.93. The first-order valence-electron chi connectivity index (χ1n) is 4.78. The molecule has 1 N–H and O–H groups in total. The van der Waals surface area contributed by atoms with Crippen molar-refractivity contribution in [1.82, 2.24) is 9.97 Å². The van der Waals surface area contributed by atoms with E-state index in [0.717, 1.165) is 19.4 Å². The van der Waals surface area contributed by atoms with Gasteiger partial charge in [-0.05, 0) is 24.4 Å². The molecule has 1 saturated heterocycles. The van der Waals surface area contributed by atoms with Crippen LogP contribution in [0, 0.1) is 0 Å². The number of rotatable bonds is 2. The van der Waals surface area contributed by atoms with Crippen molar-refractivity contribution in [1.29, 1.82) is 0 Å². The lowest BCUT2D eigenvalue weighted by atomic mass is 10.1. The van der Waals surface area contributed by atoms with Crippen molar-refractivity contribution in [3.63, 3.8) is 0 Å². The van der Waals surface area contributed by atoms with Crippen LogP contribution < -0.4 is 5.32 Å². The Morgan fingerprint density at radius 3 is 3.07 bits per heavy atom. The molecule has 0 radical (unpaired) electrons. The van der Waals surface area contributed by atoms with Gasteiger partial charge in [0.05, 0.1) is 18.8 Å². The lowest BCUT2D eigenvalue weighted by Gasteiger charge is -2.23. The highest BCUT2D eigenvalue weighted by Gasteiger charge is 2.15. The summed E-state index contributed by atoms with van der Waals surface area (Å²) in [6.07, 6.45) is 3.59. The predicted octanol–water partition coefficient (Wildman–Crippen LogP) is 2.37. The van der Waals surface area contributed by atoms with E-state index in [9.17, 15) is 0 Å². The molecule has 2 heterocycles. The smallest absolute Gasteiger partial charge is 0.224 e. The van der Waals surface area contributed by atoms with E-state index in [2.05, 4.69) is 15.3 Å². The van der Waals surface area contributed by atoms with Crippen LogP contribution >= 0.6 is 23.2 Å². The number of ether oxygens (including phenoxy) is 1. The van der Waals surface area contributed by atoms with Gasteiger partial charge in [0.1, 0.15) is 10.8 Å². The minimum absolute atomic E-state index is 0.193. The molecule has 82 valence electrons. The van der Waals surface area contributed by atoms with Crippen LogP contribution in [-0.2, 0) is 4.74 Å². The molecule has 1 fully saturated rings. The van der Waals surface area contributed by atoms with Gasteiger partial charge in [0.25, 0.3) is 0 Å². The van der Waals surface area contributed by atoms with Gasteiger partial charge in [-0.3, -0.25) is 0 Å². The molecule has 1 aromatic rings. The molecule has 4 nitrogen and oxygen atoms in total. The molecular formula is C9H11Cl2N3O. The Morgan fingerprint density at radius 2 is 2.33 bits per heavy atom. The van der Waals surface area contributed by atoms with Crippen molar-refractivity contribution in [3.05, 3.63) is 16.5 Å². The lowest BCUT2D eigenvalue weighted by Crippen LogP contribution is -2.30. The van der Waals surface area contributed by atoms with Crippen molar-refractivity contribution >= 4 is 29.0 Å². The third-order valence-corrected chi connectivity index (χ3v) is 2.67. The van der Waals surface area contributed by atoms with E-state index >= 15 is 0 Å². The lowest BCUT2D eigenvalue weighted by molar-refractivity contribution is 0.0875. The Bertz CT molecular complexity index is 342. The van der Waals surface area contributed by atoms with Crippen molar-refractivity contribution in [3.8, 4) is 0 Å². The third-order valence-electron chi connectivity index (χ3n) is 2.22. The number of hydrogen-bond acceptors (Lipinski definition) is 4. The SMILES string of the molecule is Clc1ncc(Cl)c(NC2CCCOC2)n1. The molecule has 1 atom stereocenters. The zero-order valence-electron chi connectivity index (χ0n) is 8.04. The summed E-state index contributed by atoms with van der Waals surface area (Å²) in [5, 5.41) is 3.87. The Balaban J connectivity index is 2.05. The normalized spacial score (nSPS) is 21.3. The molecule has 1 unspecified atom stereocenters. The molecule has 1 aromatic heterocycles. The average molecular weight is 248 g/mol. The van der Waals surface area contributed by atoms with Crippen molar-refractivity contribution in [2.24, 2.45) is 0 Å². The van der Waals surface area contributed by atoms with E-state index in [1.165, 1.54) is 6.20 Å². The molecule has 0 saturated carbocycles. The Labute approximate surface area is 98.0 Å². The average Bonchev–Trinajstić information content (AvgIpc) is 2.25. The summed E-state index contributed by atoms with van der Waals surface area (Å²) < 4.78 is 5.34. The van der Waals surface area contributed by atoms with Gasteiger partial charge in [-0.15, -0.1) is 0 Å². The van der Waals surface area contributed by atoms with Gasteiger partial charge in [0, 0.05) is 6.61 Å². The highest BCUT2D eigenvalue weighted by Crippen LogP contribution is 2.21. The number of aromatic nitrogens is 2. The van der Waals surface area contributed by atoms with E-state index in [1.54, 1.807) is 0 Å². The second-order valence-corrected chi connectivity index (χ2v) is 4.14. The van der Waals surface area contributed by atoms with Gasteiger partial charge in [0.15, 0.2) is 0 Å². The summed E-state index contributed by atoms with van der Waals surface area (Å²) in [5.74, 6) is 0.576. The van der Waals surface area contributed by atoms with Crippen LogP contribution in [0.15, 0.2) is 6.20 Å². The van der Waals surface area contributed by atoms with Gasteiger partial charge in [-0.2, -0.15) is 4.98 Å².